The second-order valence-corrected chi connectivity index (χ2v) is 9.57. The lowest BCUT2D eigenvalue weighted by Gasteiger charge is -2.40. The van der Waals surface area contributed by atoms with E-state index >= 15 is 0 Å². The monoisotopic (exact) mass is 471 g/mol. The van der Waals surface area contributed by atoms with E-state index < -0.39 is 0 Å². The fourth-order valence-corrected chi connectivity index (χ4v) is 5.23. The Labute approximate surface area is 208 Å². The van der Waals surface area contributed by atoms with Crippen molar-refractivity contribution in [2.75, 3.05) is 32.7 Å². The third kappa shape index (κ3) is 6.16. The average Bonchev–Trinajstić information content (AvgIpc) is 3.38. The minimum Gasteiger partial charge on any atom is -0.392 e. The Kier molecular flexibility index (Phi) is 7.86. The van der Waals surface area contributed by atoms with Gasteiger partial charge in [0.15, 0.2) is 0 Å². The van der Waals surface area contributed by atoms with E-state index in [1.165, 1.54) is 29.7 Å². The number of hydrogen-bond donors (Lipinski definition) is 0. The van der Waals surface area contributed by atoms with Crippen LogP contribution < -0.4 is 0 Å². The largest absolute Gasteiger partial charge is 0.392 e. The normalized spacial score (nSPS) is 19.0. The highest BCUT2D eigenvalue weighted by Crippen LogP contribution is 2.29. The molecule has 182 valence electrons. The molecule has 35 heavy (non-hydrogen) atoms. The first-order valence-electron chi connectivity index (χ1n) is 12.8. The van der Waals surface area contributed by atoms with Gasteiger partial charge in [-0.1, -0.05) is 78.0 Å². The maximum absolute atomic E-state index is 13.1. The number of benzene rings is 3. The Bertz CT molecular complexity index is 1040. The molecule has 0 saturated carbocycles. The Morgan fingerprint density at radius 1 is 0.800 bits per heavy atom. The first-order chi connectivity index (χ1) is 17.3. The van der Waals surface area contributed by atoms with Crippen molar-refractivity contribution in [3.05, 3.63) is 107 Å². The van der Waals surface area contributed by atoms with Crippen LogP contribution in [-0.2, 0) is 4.84 Å². The van der Waals surface area contributed by atoms with Gasteiger partial charge in [0, 0.05) is 32.6 Å². The van der Waals surface area contributed by atoms with E-state index in [1.54, 1.807) is 12.1 Å². The SMILES string of the molecule is Fc1ccc(C2=NOC(CCCCN3CCN(C(c4ccccc4)c4ccccc4)CC3)C2)cc1. The Hall–Kier alpha value is -3.02. The summed E-state index contributed by atoms with van der Waals surface area (Å²) in [5.74, 6) is -0.221. The van der Waals surface area contributed by atoms with Gasteiger partial charge in [0.05, 0.1) is 11.8 Å². The number of hydrogen-bond acceptors (Lipinski definition) is 4. The van der Waals surface area contributed by atoms with E-state index in [0.717, 1.165) is 63.3 Å². The second-order valence-electron chi connectivity index (χ2n) is 9.57. The Morgan fingerprint density at radius 2 is 1.43 bits per heavy atom. The van der Waals surface area contributed by atoms with Crippen molar-refractivity contribution in [1.82, 2.24) is 9.80 Å². The highest BCUT2D eigenvalue weighted by atomic mass is 19.1. The first kappa shape index (κ1) is 23.7. The highest BCUT2D eigenvalue weighted by Gasteiger charge is 2.26. The van der Waals surface area contributed by atoms with Gasteiger partial charge in [0.2, 0.25) is 0 Å². The number of halogens is 1. The van der Waals surface area contributed by atoms with Crippen LogP contribution in [0.15, 0.2) is 90.1 Å². The molecular weight excluding hydrogens is 437 g/mol. The molecule has 0 N–H and O–H groups in total. The van der Waals surface area contributed by atoms with Gasteiger partial charge in [-0.05, 0) is 54.6 Å². The molecule has 5 rings (SSSR count). The molecule has 2 aliphatic rings. The summed E-state index contributed by atoms with van der Waals surface area (Å²) in [4.78, 5) is 10.9. The van der Waals surface area contributed by atoms with Crippen molar-refractivity contribution in [3.63, 3.8) is 0 Å². The number of nitrogens with zero attached hydrogens (tertiary/aromatic N) is 3. The van der Waals surface area contributed by atoms with Crippen molar-refractivity contribution in [2.24, 2.45) is 5.16 Å². The van der Waals surface area contributed by atoms with Gasteiger partial charge in [0.25, 0.3) is 0 Å². The third-order valence-corrected chi connectivity index (χ3v) is 7.16. The minimum absolute atomic E-state index is 0.143. The van der Waals surface area contributed by atoms with Crippen molar-refractivity contribution >= 4 is 5.71 Å². The third-order valence-electron chi connectivity index (χ3n) is 7.16. The maximum Gasteiger partial charge on any atom is 0.133 e. The molecule has 0 bridgehead atoms. The summed E-state index contributed by atoms with van der Waals surface area (Å²) in [6.45, 7) is 5.50. The standard InChI is InChI=1S/C30H34FN3O/c31-27-16-14-24(15-17-27)29-23-28(35-32-29)13-7-8-18-33-19-21-34(22-20-33)30(25-9-3-1-4-10-25)26-11-5-2-6-12-26/h1-6,9-12,14-17,28,30H,7-8,13,18-23H2. The Balaban J connectivity index is 1.05. The first-order valence-corrected chi connectivity index (χ1v) is 12.8. The molecule has 2 aliphatic heterocycles. The van der Waals surface area contributed by atoms with Gasteiger partial charge >= 0.3 is 0 Å². The van der Waals surface area contributed by atoms with Crippen LogP contribution in [0.1, 0.15) is 48.4 Å². The summed E-state index contributed by atoms with van der Waals surface area (Å²) in [5.41, 5.74) is 4.62. The van der Waals surface area contributed by atoms with Crippen LogP contribution >= 0.6 is 0 Å². The number of rotatable bonds is 9. The Morgan fingerprint density at radius 3 is 2.06 bits per heavy atom. The van der Waals surface area contributed by atoms with Gasteiger partial charge < -0.3 is 9.74 Å². The molecule has 2 heterocycles. The van der Waals surface area contributed by atoms with Crippen molar-refractivity contribution in [1.29, 1.82) is 0 Å². The fourth-order valence-electron chi connectivity index (χ4n) is 5.23. The second kappa shape index (κ2) is 11.6. The van der Waals surface area contributed by atoms with Gasteiger partial charge in [-0.3, -0.25) is 4.90 Å². The molecule has 0 spiro atoms. The number of piperazine rings is 1. The number of oxime groups is 1. The zero-order valence-electron chi connectivity index (χ0n) is 20.2. The molecule has 3 aromatic rings. The van der Waals surface area contributed by atoms with E-state index in [0.29, 0.717) is 6.04 Å². The zero-order chi connectivity index (χ0) is 23.9. The summed E-state index contributed by atoms with van der Waals surface area (Å²) in [7, 11) is 0. The summed E-state index contributed by atoms with van der Waals surface area (Å²) in [5, 5.41) is 4.24. The quantitative estimate of drug-likeness (QED) is 0.364. The molecule has 4 nitrogen and oxygen atoms in total. The highest BCUT2D eigenvalue weighted by molar-refractivity contribution is 6.01. The van der Waals surface area contributed by atoms with Gasteiger partial charge in [-0.25, -0.2) is 4.39 Å². The van der Waals surface area contributed by atoms with Crippen LogP contribution in [0.5, 0.6) is 0 Å². The molecule has 3 aromatic carbocycles. The van der Waals surface area contributed by atoms with E-state index in [2.05, 4.69) is 75.6 Å². The molecule has 1 unspecified atom stereocenters. The van der Waals surface area contributed by atoms with Crippen molar-refractivity contribution in [3.8, 4) is 0 Å². The zero-order valence-corrected chi connectivity index (χ0v) is 20.2. The van der Waals surface area contributed by atoms with Gasteiger partial charge in [0.1, 0.15) is 11.9 Å². The molecule has 0 radical (unpaired) electrons. The smallest absolute Gasteiger partial charge is 0.133 e. The minimum atomic E-state index is -0.221. The van der Waals surface area contributed by atoms with Gasteiger partial charge in [-0.2, -0.15) is 0 Å². The summed E-state index contributed by atoms with van der Waals surface area (Å²) >= 11 is 0. The van der Waals surface area contributed by atoms with Crippen LogP contribution in [-0.4, -0.2) is 54.3 Å². The number of unbranched alkanes of at least 4 members (excludes halogenated alkanes) is 1. The molecule has 1 atom stereocenters. The average molecular weight is 472 g/mol. The van der Waals surface area contributed by atoms with Crippen molar-refractivity contribution < 1.29 is 9.23 Å². The fraction of sp³-hybridized carbons (Fsp3) is 0.367. The molecular formula is C30H34FN3O. The lowest BCUT2D eigenvalue weighted by atomic mass is 9.96. The van der Waals surface area contributed by atoms with E-state index in [-0.39, 0.29) is 11.9 Å². The van der Waals surface area contributed by atoms with Crippen LogP contribution in [0.25, 0.3) is 0 Å². The topological polar surface area (TPSA) is 28.1 Å². The van der Waals surface area contributed by atoms with Crippen molar-refractivity contribution in [2.45, 2.75) is 37.8 Å². The molecule has 0 aromatic heterocycles. The molecule has 0 amide bonds. The molecule has 5 heteroatoms. The lowest BCUT2D eigenvalue weighted by Crippen LogP contribution is -2.48. The van der Waals surface area contributed by atoms with E-state index in [4.69, 9.17) is 4.84 Å². The van der Waals surface area contributed by atoms with Crippen LogP contribution in [0.2, 0.25) is 0 Å². The predicted molar refractivity (Wildman–Crippen MR) is 139 cm³/mol. The lowest BCUT2D eigenvalue weighted by molar-refractivity contribution is 0.0743. The van der Waals surface area contributed by atoms with Gasteiger partial charge in [-0.15, -0.1) is 0 Å². The summed E-state index contributed by atoms with van der Waals surface area (Å²) in [6, 6.07) is 28.6. The summed E-state index contributed by atoms with van der Waals surface area (Å²) < 4.78 is 13.1. The van der Waals surface area contributed by atoms with E-state index in [1.807, 2.05) is 0 Å². The van der Waals surface area contributed by atoms with E-state index in [9.17, 15) is 4.39 Å². The van der Waals surface area contributed by atoms with Crippen LogP contribution in [0, 0.1) is 5.82 Å². The maximum atomic E-state index is 13.1. The van der Waals surface area contributed by atoms with Crippen LogP contribution in [0.3, 0.4) is 0 Å². The molecule has 0 aliphatic carbocycles. The van der Waals surface area contributed by atoms with Crippen LogP contribution in [0.4, 0.5) is 4.39 Å². The summed E-state index contributed by atoms with van der Waals surface area (Å²) in [6.07, 6.45) is 4.27. The molecule has 1 fully saturated rings. The predicted octanol–water partition coefficient (Wildman–Crippen LogP) is 5.90. The molecule has 1 saturated heterocycles.